The molecule has 0 aliphatic rings. The number of fused-ring (bicyclic) bond motifs is 18. The second-order valence-corrected chi connectivity index (χ2v) is 19.0. The monoisotopic (exact) mass is 928 g/mol. The molecule has 5 aromatic heterocycles. The van der Waals surface area contributed by atoms with Crippen LogP contribution < -0.4 is 0 Å². The molecule has 0 atom stereocenters. The standard InChI is InChI=1S/C66H36N6O/c67-37-40-34-62(72-58-31-27-43(70-55-22-10-5-17-47(55)48-18-6-11-23-56(48)70)36-52(58)65-60(72)32-28-50-49-19-7-12-24-63(49)73-66(50)65)41(38-68)33-61(40)71-57-30-26-42(35-51(57)64-44-14-2-1-13-39(44)25-29-59(64)71)69-53-20-8-3-15-45(53)46-16-4-9-21-54(46)69/h1-36H. The number of hydrogen-bond acceptors (Lipinski definition) is 3. The van der Waals surface area contributed by atoms with Gasteiger partial charge in [-0.15, -0.1) is 0 Å². The first-order valence-corrected chi connectivity index (χ1v) is 24.5. The zero-order valence-electron chi connectivity index (χ0n) is 38.9. The molecule has 0 saturated heterocycles. The maximum atomic E-state index is 11.4. The highest BCUT2D eigenvalue weighted by atomic mass is 16.3. The zero-order valence-corrected chi connectivity index (χ0v) is 38.9. The van der Waals surface area contributed by atoms with Crippen molar-refractivity contribution in [2.24, 2.45) is 0 Å². The number of nitrogens with zero attached hydrogens (tertiary/aromatic N) is 6. The molecule has 0 N–H and O–H groups in total. The second-order valence-electron chi connectivity index (χ2n) is 19.0. The molecule has 0 amide bonds. The summed E-state index contributed by atoms with van der Waals surface area (Å²) in [6.07, 6.45) is 0. The fourth-order valence-electron chi connectivity index (χ4n) is 12.4. The van der Waals surface area contributed by atoms with Crippen LogP contribution in [0.1, 0.15) is 11.1 Å². The Hall–Kier alpha value is -10.3. The zero-order chi connectivity index (χ0) is 48.1. The maximum Gasteiger partial charge on any atom is 0.145 e. The first kappa shape index (κ1) is 39.5. The summed E-state index contributed by atoms with van der Waals surface area (Å²) in [5.74, 6) is 0. The van der Waals surface area contributed by atoms with Crippen molar-refractivity contribution in [3.05, 3.63) is 230 Å². The van der Waals surface area contributed by atoms with Crippen molar-refractivity contribution in [1.82, 2.24) is 18.3 Å². The Balaban J connectivity index is 0.966. The van der Waals surface area contributed by atoms with Crippen LogP contribution >= 0.6 is 0 Å². The molecule has 0 aliphatic carbocycles. The fraction of sp³-hybridized carbons (Fsp3) is 0. The molecule has 11 aromatic carbocycles. The van der Waals surface area contributed by atoms with Gasteiger partial charge in [0, 0.05) is 59.9 Å². The summed E-state index contributed by atoms with van der Waals surface area (Å²) in [6, 6.07) is 81.6. The van der Waals surface area contributed by atoms with Crippen LogP contribution in [0.25, 0.3) is 143 Å². The van der Waals surface area contributed by atoms with Gasteiger partial charge in [0.25, 0.3) is 0 Å². The topological polar surface area (TPSA) is 80.4 Å². The molecular formula is C66H36N6O. The lowest BCUT2D eigenvalue weighted by Crippen LogP contribution is -2.04. The smallest absolute Gasteiger partial charge is 0.145 e. The number of benzene rings is 11. The van der Waals surface area contributed by atoms with Gasteiger partial charge in [0.2, 0.25) is 0 Å². The highest BCUT2D eigenvalue weighted by molar-refractivity contribution is 6.25. The summed E-state index contributed by atoms with van der Waals surface area (Å²) in [5, 5.41) is 35.8. The van der Waals surface area contributed by atoms with Gasteiger partial charge in [-0.05, 0) is 108 Å². The van der Waals surface area contributed by atoms with E-state index in [0.717, 1.165) is 110 Å². The van der Waals surface area contributed by atoms with Gasteiger partial charge < -0.3 is 22.7 Å². The van der Waals surface area contributed by atoms with Crippen molar-refractivity contribution < 1.29 is 4.42 Å². The normalized spacial score (nSPS) is 12.1. The lowest BCUT2D eigenvalue weighted by molar-refractivity contribution is 0.673. The average molecular weight is 929 g/mol. The largest absolute Gasteiger partial charge is 0.455 e. The van der Waals surface area contributed by atoms with Crippen LogP contribution in [0.5, 0.6) is 0 Å². The molecule has 336 valence electrons. The minimum Gasteiger partial charge on any atom is -0.455 e. The molecule has 7 heteroatoms. The Bertz CT molecular complexity index is 5090. The number of nitriles is 2. The van der Waals surface area contributed by atoms with E-state index in [1.165, 1.54) is 21.5 Å². The van der Waals surface area contributed by atoms with Crippen LogP contribution in [0.15, 0.2) is 223 Å². The highest BCUT2D eigenvalue weighted by Crippen LogP contribution is 2.45. The van der Waals surface area contributed by atoms with E-state index in [9.17, 15) is 10.5 Å². The van der Waals surface area contributed by atoms with E-state index >= 15 is 0 Å². The predicted molar refractivity (Wildman–Crippen MR) is 298 cm³/mol. The summed E-state index contributed by atoms with van der Waals surface area (Å²) >= 11 is 0. The van der Waals surface area contributed by atoms with Crippen molar-refractivity contribution in [2.75, 3.05) is 0 Å². The summed E-state index contributed by atoms with van der Waals surface area (Å²) in [6.45, 7) is 0. The van der Waals surface area contributed by atoms with Gasteiger partial charge >= 0.3 is 0 Å². The van der Waals surface area contributed by atoms with Gasteiger partial charge in [-0.25, -0.2) is 0 Å². The predicted octanol–water partition coefficient (Wildman–Crippen LogP) is 16.9. The number of para-hydroxylation sites is 5. The molecule has 0 radical (unpaired) electrons. The van der Waals surface area contributed by atoms with Gasteiger partial charge in [-0.3, -0.25) is 0 Å². The molecule has 16 rings (SSSR count). The molecule has 0 bridgehead atoms. The van der Waals surface area contributed by atoms with E-state index in [0.29, 0.717) is 22.5 Å². The first-order chi connectivity index (χ1) is 36.1. The van der Waals surface area contributed by atoms with Gasteiger partial charge in [-0.1, -0.05) is 121 Å². The number of furan rings is 1. The number of hydrogen-bond donors (Lipinski definition) is 0. The molecule has 0 saturated carbocycles. The minimum absolute atomic E-state index is 0.432. The maximum absolute atomic E-state index is 11.4. The Labute approximate surface area is 415 Å². The van der Waals surface area contributed by atoms with Crippen molar-refractivity contribution in [1.29, 1.82) is 10.5 Å². The van der Waals surface area contributed by atoms with Gasteiger partial charge in [0.05, 0.1) is 72.0 Å². The minimum atomic E-state index is 0.432. The number of aromatic nitrogens is 4. The third kappa shape index (κ3) is 5.29. The van der Waals surface area contributed by atoms with Gasteiger partial charge in [0.15, 0.2) is 0 Å². The summed E-state index contributed by atoms with van der Waals surface area (Å²) in [5.41, 5.74) is 13.9. The summed E-state index contributed by atoms with van der Waals surface area (Å²) in [7, 11) is 0. The van der Waals surface area contributed by atoms with E-state index in [-0.39, 0.29) is 0 Å². The Morgan fingerprint density at radius 1 is 0.301 bits per heavy atom. The summed E-state index contributed by atoms with van der Waals surface area (Å²) in [4.78, 5) is 0. The Kier molecular flexibility index (Phi) is 7.90. The van der Waals surface area contributed by atoms with Crippen molar-refractivity contribution >= 4 is 120 Å². The lowest BCUT2D eigenvalue weighted by Gasteiger charge is -2.16. The van der Waals surface area contributed by atoms with Crippen molar-refractivity contribution in [3.63, 3.8) is 0 Å². The fourth-order valence-corrected chi connectivity index (χ4v) is 12.4. The van der Waals surface area contributed by atoms with E-state index in [1.54, 1.807) is 0 Å². The molecule has 73 heavy (non-hydrogen) atoms. The van der Waals surface area contributed by atoms with Gasteiger partial charge in [0.1, 0.15) is 23.3 Å². The molecule has 0 fully saturated rings. The van der Waals surface area contributed by atoms with Crippen LogP contribution in [0.3, 0.4) is 0 Å². The van der Waals surface area contributed by atoms with Crippen molar-refractivity contribution in [2.45, 2.75) is 0 Å². The summed E-state index contributed by atoms with van der Waals surface area (Å²) < 4.78 is 15.8. The molecule has 7 nitrogen and oxygen atoms in total. The molecular weight excluding hydrogens is 893 g/mol. The average Bonchev–Trinajstić information content (AvgIpc) is 4.25. The Morgan fingerprint density at radius 2 is 0.712 bits per heavy atom. The Morgan fingerprint density at radius 3 is 1.25 bits per heavy atom. The van der Waals surface area contributed by atoms with E-state index in [4.69, 9.17) is 4.42 Å². The second kappa shape index (κ2) is 14.6. The van der Waals surface area contributed by atoms with E-state index < -0.39 is 0 Å². The van der Waals surface area contributed by atoms with Crippen LogP contribution in [-0.2, 0) is 0 Å². The third-order valence-corrected chi connectivity index (χ3v) is 15.4. The molecule has 0 spiro atoms. The van der Waals surface area contributed by atoms with Gasteiger partial charge in [-0.2, -0.15) is 10.5 Å². The van der Waals surface area contributed by atoms with E-state index in [1.807, 2.05) is 30.3 Å². The molecule has 16 aromatic rings. The van der Waals surface area contributed by atoms with Crippen LogP contribution in [0.4, 0.5) is 0 Å². The van der Waals surface area contributed by atoms with Crippen LogP contribution in [0.2, 0.25) is 0 Å². The number of rotatable bonds is 4. The SMILES string of the molecule is N#Cc1cc(-n2c3ccc(-n4c5ccccc5c5ccccc54)cc3c3c4oc5ccccc5c4ccc32)c(C#N)cc1-n1c2ccc(-n3c4ccccc4c4ccccc43)cc2c2c3ccccc3ccc21. The molecule has 0 unspecified atom stereocenters. The van der Waals surface area contributed by atoms with Crippen LogP contribution in [-0.4, -0.2) is 18.3 Å². The van der Waals surface area contributed by atoms with Crippen LogP contribution in [0, 0.1) is 22.7 Å². The van der Waals surface area contributed by atoms with Crippen molar-refractivity contribution in [3.8, 4) is 34.9 Å². The quantitative estimate of drug-likeness (QED) is 0.176. The lowest BCUT2D eigenvalue weighted by atomic mass is 10.0. The highest BCUT2D eigenvalue weighted by Gasteiger charge is 2.25. The third-order valence-electron chi connectivity index (χ3n) is 15.4. The first-order valence-electron chi connectivity index (χ1n) is 24.5. The molecule has 0 aliphatic heterocycles. The van der Waals surface area contributed by atoms with E-state index in [2.05, 4.69) is 218 Å². The molecule has 5 heterocycles.